The molecule has 0 saturated carbocycles. The Morgan fingerprint density at radius 2 is 1.73 bits per heavy atom. The van der Waals surface area contributed by atoms with Gasteiger partial charge in [-0.2, -0.15) is 13.2 Å². The molecular weight excluding hydrogens is 487 g/mol. The largest absolute Gasteiger partial charge is 0.492 e. The Morgan fingerprint density at radius 1 is 1.00 bits per heavy atom. The molecule has 188 valence electrons. The lowest BCUT2D eigenvalue weighted by Gasteiger charge is -2.10. The van der Waals surface area contributed by atoms with E-state index in [1.54, 1.807) is 37.3 Å². The molecule has 0 aliphatic carbocycles. The number of carbonyl (C=O) groups is 1. The molecule has 0 atom stereocenters. The van der Waals surface area contributed by atoms with Gasteiger partial charge in [0.1, 0.15) is 11.4 Å². The summed E-state index contributed by atoms with van der Waals surface area (Å²) in [6, 6.07) is 17.5. The first-order valence-electron chi connectivity index (χ1n) is 11.0. The third-order valence-electron chi connectivity index (χ3n) is 5.08. The number of hydrogen-bond acceptors (Lipinski definition) is 7. The number of benzene rings is 3. The van der Waals surface area contributed by atoms with Crippen molar-refractivity contribution in [3.8, 4) is 17.0 Å². The van der Waals surface area contributed by atoms with E-state index in [9.17, 15) is 23.1 Å². The number of rotatable bonds is 8. The second-order valence-corrected chi connectivity index (χ2v) is 7.60. The van der Waals surface area contributed by atoms with Gasteiger partial charge in [-0.3, -0.25) is 0 Å². The fourth-order valence-electron chi connectivity index (χ4n) is 3.33. The highest BCUT2D eigenvalue weighted by Gasteiger charge is 2.29. The van der Waals surface area contributed by atoms with Crippen LogP contribution in [0.1, 0.15) is 22.8 Å². The first kappa shape index (κ1) is 25.3. The van der Waals surface area contributed by atoms with Gasteiger partial charge >= 0.3 is 12.1 Å². The monoisotopic (exact) mass is 507 g/mol. The van der Waals surface area contributed by atoms with Crippen molar-refractivity contribution in [3.05, 3.63) is 90.1 Å². The van der Waals surface area contributed by atoms with Gasteiger partial charge in [0.25, 0.3) is 0 Å². The van der Waals surface area contributed by atoms with Crippen LogP contribution in [0, 0.1) is 0 Å². The van der Waals surface area contributed by atoms with E-state index in [0.717, 1.165) is 12.1 Å². The Balaban J connectivity index is 1.62. The SMILES string of the molecule is CCOc1ccc(C(=O)O)cc1N=Nc1ccccc1-c1ccnc(Nc2ccc(C(F)(F)F)cc2)n1. The standard InChI is InChI=1S/C26H20F3N5O3/c1-2-37-23-12-7-16(24(35)36)15-22(23)34-33-21-6-4-3-5-19(21)20-13-14-30-25(32-20)31-18-10-8-17(9-11-18)26(27,28)29/h3-15H,2H2,1H3,(H,35,36)(H,30,31,32). The van der Waals surface area contributed by atoms with Gasteiger partial charge in [0.2, 0.25) is 5.95 Å². The van der Waals surface area contributed by atoms with Crippen LogP contribution in [-0.4, -0.2) is 27.7 Å². The first-order chi connectivity index (χ1) is 17.7. The number of carboxylic acid groups (broad SMARTS) is 1. The highest BCUT2D eigenvalue weighted by atomic mass is 19.4. The fourth-order valence-corrected chi connectivity index (χ4v) is 3.33. The third-order valence-corrected chi connectivity index (χ3v) is 5.08. The fraction of sp³-hybridized carbons (Fsp3) is 0.115. The number of aromatic nitrogens is 2. The summed E-state index contributed by atoms with van der Waals surface area (Å²) < 4.78 is 44.0. The highest BCUT2D eigenvalue weighted by molar-refractivity contribution is 5.89. The summed E-state index contributed by atoms with van der Waals surface area (Å²) in [5.41, 5.74) is 1.47. The maximum absolute atomic E-state index is 12.8. The molecule has 4 rings (SSSR count). The van der Waals surface area contributed by atoms with Crippen LogP contribution in [0.3, 0.4) is 0 Å². The van der Waals surface area contributed by atoms with Crippen LogP contribution < -0.4 is 10.1 Å². The zero-order valence-electron chi connectivity index (χ0n) is 19.4. The van der Waals surface area contributed by atoms with E-state index in [1.807, 2.05) is 0 Å². The summed E-state index contributed by atoms with van der Waals surface area (Å²) >= 11 is 0. The second kappa shape index (κ2) is 10.9. The number of anilines is 2. The molecule has 1 heterocycles. The van der Waals surface area contributed by atoms with Crippen LogP contribution >= 0.6 is 0 Å². The number of hydrogen-bond donors (Lipinski definition) is 2. The van der Waals surface area contributed by atoms with Crippen LogP contribution in [0.4, 0.5) is 36.2 Å². The van der Waals surface area contributed by atoms with E-state index < -0.39 is 17.7 Å². The number of aromatic carboxylic acids is 1. The number of azo groups is 1. The number of ether oxygens (including phenoxy) is 1. The molecule has 0 unspecified atom stereocenters. The molecule has 3 aromatic carbocycles. The minimum atomic E-state index is -4.43. The highest BCUT2D eigenvalue weighted by Crippen LogP contribution is 2.34. The molecule has 0 saturated heterocycles. The number of nitrogens with zero attached hydrogens (tertiary/aromatic N) is 4. The maximum atomic E-state index is 12.8. The predicted octanol–water partition coefficient (Wildman–Crippen LogP) is 7.42. The molecule has 0 fully saturated rings. The average molecular weight is 507 g/mol. The molecule has 0 radical (unpaired) electrons. The Hall–Kier alpha value is -4.80. The van der Waals surface area contributed by atoms with E-state index in [0.29, 0.717) is 35.0 Å². The van der Waals surface area contributed by atoms with Gasteiger partial charge in [-0.15, -0.1) is 10.2 Å². The molecule has 0 bridgehead atoms. The molecular formula is C26H20F3N5O3. The minimum Gasteiger partial charge on any atom is -0.492 e. The Morgan fingerprint density at radius 3 is 2.43 bits per heavy atom. The third kappa shape index (κ3) is 6.26. The lowest BCUT2D eigenvalue weighted by molar-refractivity contribution is -0.137. The normalized spacial score (nSPS) is 11.5. The van der Waals surface area contributed by atoms with E-state index in [-0.39, 0.29) is 17.2 Å². The molecule has 2 N–H and O–H groups in total. The van der Waals surface area contributed by atoms with Crippen molar-refractivity contribution in [1.29, 1.82) is 0 Å². The molecule has 0 amide bonds. The molecule has 8 nitrogen and oxygen atoms in total. The summed E-state index contributed by atoms with van der Waals surface area (Å²) in [6.45, 7) is 2.16. The minimum absolute atomic E-state index is 0.0421. The summed E-state index contributed by atoms with van der Waals surface area (Å²) in [5.74, 6) is -0.537. The van der Waals surface area contributed by atoms with Crippen molar-refractivity contribution in [2.45, 2.75) is 13.1 Å². The Bertz CT molecular complexity index is 1440. The second-order valence-electron chi connectivity index (χ2n) is 7.60. The molecule has 0 aliphatic heterocycles. The van der Waals surface area contributed by atoms with E-state index in [1.165, 1.54) is 36.5 Å². The lowest BCUT2D eigenvalue weighted by Crippen LogP contribution is -2.04. The van der Waals surface area contributed by atoms with Crippen molar-refractivity contribution >= 4 is 29.0 Å². The molecule has 0 aliphatic rings. The zero-order chi connectivity index (χ0) is 26.4. The molecule has 4 aromatic rings. The van der Waals surface area contributed by atoms with Crippen LogP contribution in [0.5, 0.6) is 5.75 Å². The zero-order valence-corrected chi connectivity index (χ0v) is 19.4. The lowest BCUT2D eigenvalue weighted by atomic mass is 10.1. The van der Waals surface area contributed by atoms with Crippen LogP contribution in [0.2, 0.25) is 0 Å². The molecule has 1 aromatic heterocycles. The van der Waals surface area contributed by atoms with Crippen LogP contribution in [-0.2, 0) is 6.18 Å². The van der Waals surface area contributed by atoms with Gasteiger partial charge in [-0.05, 0) is 61.5 Å². The summed E-state index contributed by atoms with van der Waals surface area (Å²) in [4.78, 5) is 20.0. The molecule has 37 heavy (non-hydrogen) atoms. The first-order valence-corrected chi connectivity index (χ1v) is 11.0. The summed E-state index contributed by atoms with van der Waals surface area (Å²) in [7, 11) is 0. The van der Waals surface area contributed by atoms with Crippen molar-refractivity contribution in [3.63, 3.8) is 0 Å². The van der Waals surface area contributed by atoms with Crippen LogP contribution in [0.15, 0.2) is 89.2 Å². The van der Waals surface area contributed by atoms with E-state index in [4.69, 9.17) is 4.74 Å². The Kier molecular flexibility index (Phi) is 7.42. The van der Waals surface area contributed by atoms with Gasteiger partial charge < -0.3 is 15.2 Å². The molecule has 11 heteroatoms. The van der Waals surface area contributed by atoms with Gasteiger partial charge in [0.15, 0.2) is 0 Å². The van der Waals surface area contributed by atoms with E-state index in [2.05, 4.69) is 25.5 Å². The number of nitrogens with one attached hydrogen (secondary N) is 1. The molecule has 0 spiro atoms. The maximum Gasteiger partial charge on any atom is 0.416 e. The summed E-state index contributed by atoms with van der Waals surface area (Å²) in [6.07, 6.45) is -2.92. The van der Waals surface area contributed by atoms with Gasteiger partial charge in [0, 0.05) is 17.4 Å². The Labute approximate surface area is 209 Å². The number of halogens is 3. The quantitative estimate of drug-likeness (QED) is 0.240. The number of alkyl halides is 3. The number of carboxylic acids is 1. The van der Waals surface area contributed by atoms with Crippen LogP contribution in [0.25, 0.3) is 11.3 Å². The average Bonchev–Trinajstić information content (AvgIpc) is 2.88. The van der Waals surface area contributed by atoms with Crippen molar-refractivity contribution in [2.75, 3.05) is 11.9 Å². The van der Waals surface area contributed by atoms with Gasteiger partial charge in [-0.25, -0.2) is 14.8 Å². The smallest absolute Gasteiger partial charge is 0.416 e. The predicted molar refractivity (Wildman–Crippen MR) is 131 cm³/mol. The summed E-state index contributed by atoms with van der Waals surface area (Å²) in [5, 5.41) is 20.7. The van der Waals surface area contributed by atoms with Crippen molar-refractivity contribution < 1.29 is 27.8 Å². The van der Waals surface area contributed by atoms with Gasteiger partial charge in [-0.1, -0.05) is 18.2 Å². The topological polar surface area (TPSA) is 109 Å². The van der Waals surface area contributed by atoms with E-state index >= 15 is 0 Å². The van der Waals surface area contributed by atoms with Gasteiger partial charge in [0.05, 0.1) is 29.1 Å². The van der Waals surface area contributed by atoms with Crippen molar-refractivity contribution in [1.82, 2.24) is 9.97 Å². The van der Waals surface area contributed by atoms with Crippen molar-refractivity contribution in [2.24, 2.45) is 10.2 Å².